The zero-order valence-electron chi connectivity index (χ0n) is 9.40. The number of carboxylic acids is 1. The third kappa shape index (κ3) is 2.94. The van der Waals surface area contributed by atoms with Crippen LogP contribution in [0.2, 0.25) is 0 Å². The Kier molecular flexibility index (Phi) is 4.12. The Morgan fingerprint density at radius 1 is 1.40 bits per heavy atom. The van der Waals surface area contributed by atoms with E-state index in [9.17, 15) is 9.59 Å². The fourth-order valence-corrected chi connectivity index (χ4v) is 1.98. The van der Waals surface area contributed by atoms with Crippen LogP contribution in [0.15, 0.2) is 0 Å². The first-order valence-corrected chi connectivity index (χ1v) is 5.56. The normalized spacial score (nSPS) is 25.6. The summed E-state index contributed by atoms with van der Waals surface area (Å²) in [6.45, 7) is 4.92. The predicted molar refractivity (Wildman–Crippen MR) is 56.4 cm³/mol. The molecule has 0 spiro atoms. The lowest BCUT2D eigenvalue weighted by Crippen LogP contribution is -2.29. The first kappa shape index (κ1) is 12.0. The SMILES string of the molecule is CCCCC(=O)N1C[C@@H](C)[C@H](C(=O)O)C1. The van der Waals surface area contributed by atoms with Crippen molar-refractivity contribution >= 4 is 11.9 Å². The minimum atomic E-state index is -0.784. The van der Waals surface area contributed by atoms with Crippen molar-refractivity contribution in [2.45, 2.75) is 33.1 Å². The van der Waals surface area contributed by atoms with E-state index in [-0.39, 0.29) is 17.7 Å². The molecule has 1 aliphatic rings. The topological polar surface area (TPSA) is 57.6 Å². The van der Waals surface area contributed by atoms with Crippen molar-refractivity contribution in [3.8, 4) is 0 Å². The van der Waals surface area contributed by atoms with Crippen LogP contribution in [0.3, 0.4) is 0 Å². The zero-order chi connectivity index (χ0) is 11.4. The lowest BCUT2D eigenvalue weighted by atomic mass is 9.99. The van der Waals surface area contributed by atoms with Crippen LogP contribution < -0.4 is 0 Å². The summed E-state index contributed by atoms with van der Waals surface area (Å²) in [6, 6.07) is 0. The van der Waals surface area contributed by atoms with Gasteiger partial charge in [0.05, 0.1) is 5.92 Å². The quantitative estimate of drug-likeness (QED) is 0.767. The van der Waals surface area contributed by atoms with Crippen molar-refractivity contribution in [2.75, 3.05) is 13.1 Å². The molecular weight excluding hydrogens is 194 g/mol. The van der Waals surface area contributed by atoms with Gasteiger partial charge in [-0.1, -0.05) is 20.3 Å². The summed E-state index contributed by atoms with van der Waals surface area (Å²) >= 11 is 0. The van der Waals surface area contributed by atoms with Crippen LogP contribution in [0.4, 0.5) is 0 Å². The van der Waals surface area contributed by atoms with E-state index in [2.05, 4.69) is 0 Å². The van der Waals surface area contributed by atoms with E-state index in [4.69, 9.17) is 5.11 Å². The van der Waals surface area contributed by atoms with Crippen molar-refractivity contribution < 1.29 is 14.7 Å². The van der Waals surface area contributed by atoms with Crippen molar-refractivity contribution in [3.63, 3.8) is 0 Å². The molecular formula is C11H19NO3. The summed E-state index contributed by atoms with van der Waals surface area (Å²) in [5.41, 5.74) is 0. The van der Waals surface area contributed by atoms with Gasteiger partial charge in [-0.15, -0.1) is 0 Å². The van der Waals surface area contributed by atoms with Crippen LogP contribution in [0, 0.1) is 11.8 Å². The second kappa shape index (κ2) is 5.14. The molecule has 1 saturated heterocycles. The molecule has 1 N–H and O–H groups in total. The number of aliphatic carboxylic acids is 1. The molecule has 1 fully saturated rings. The Balaban J connectivity index is 2.47. The lowest BCUT2D eigenvalue weighted by molar-refractivity contribution is -0.142. The Labute approximate surface area is 90.3 Å². The van der Waals surface area contributed by atoms with E-state index in [0.717, 1.165) is 12.8 Å². The summed E-state index contributed by atoms with van der Waals surface area (Å²) in [4.78, 5) is 24.2. The first-order valence-electron chi connectivity index (χ1n) is 5.56. The largest absolute Gasteiger partial charge is 0.481 e. The van der Waals surface area contributed by atoms with E-state index in [1.54, 1.807) is 4.90 Å². The van der Waals surface area contributed by atoms with Gasteiger partial charge in [0.2, 0.25) is 5.91 Å². The molecule has 0 unspecified atom stereocenters. The highest BCUT2D eigenvalue weighted by Gasteiger charge is 2.36. The third-order valence-corrected chi connectivity index (χ3v) is 3.03. The van der Waals surface area contributed by atoms with Gasteiger partial charge in [0.15, 0.2) is 0 Å². The van der Waals surface area contributed by atoms with Crippen molar-refractivity contribution in [1.29, 1.82) is 0 Å². The zero-order valence-corrected chi connectivity index (χ0v) is 9.40. The van der Waals surface area contributed by atoms with Gasteiger partial charge in [-0.25, -0.2) is 0 Å². The molecule has 86 valence electrons. The maximum Gasteiger partial charge on any atom is 0.308 e. The average molecular weight is 213 g/mol. The minimum absolute atomic E-state index is 0.0769. The average Bonchev–Trinajstić information content (AvgIpc) is 2.56. The maximum atomic E-state index is 11.7. The highest BCUT2D eigenvalue weighted by atomic mass is 16.4. The minimum Gasteiger partial charge on any atom is -0.481 e. The summed E-state index contributed by atoms with van der Waals surface area (Å²) < 4.78 is 0. The second-order valence-electron chi connectivity index (χ2n) is 4.32. The van der Waals surface area contributed by atoms with E-state index >= 15 is 0 Å². The molecule has 0 saturated carbocycles. The van der Waals surface area contributed by atoms with Crippen molar-refractivity contribution in [2.24, 2.45) is 11.8 Å². The van der Waals surface area contributed by atoms with Gasteiger partial charge in [-0.2, -0.15) is 0 Å². The molecule has 4 nitrogen and oxygen atoms in total. The standard InChI is InChI=1S/C11H19NO3/c1-3-4-5-10(13)12-6-8(2)9(7-12)11(14)15/h8-9H,3-7H2,1-2H3,(H,14,15)/t8-,9-/m1/s1. The highest BCUT2D eigenvalue weighted by Crippen LogP contribution is 2.23. The monoisotopic (exact) mass is 213 g/mol. The number of likely N-dealkylation sites (tertiary alicyclic amines) is 1. The van der Waals surface area contributed by atoms with Crippen molar-refractivity contribution in [3.05, 3.63) is 0 Å². The molecule has 1 heterocycles. The second-order valence-corrected chi connectivity index (χ2v) is 4.32. The number of nitrogens with zero attached hydrogens (tertiary/aromatic N) is 1. The lowest BCUT2D eigenvalue weighted by Gasteiger charge is -2.15. The van der Waals surface area contributed by atoms with Gasteiger partial charge < -0.3 is 10.0 Å². The van der Waals surface area contributed by atoms with Gasteiger partial charge in [0.25, 0.3) is 0 Å². The number of hydrogen-bond donors (Lipinski definition) is 1. The summed E-state index contributed by atoms with van der Waals surface area (Å²) in [5.74, 6) is -0.982. The molecule has 0 aliphatic carbocycles. The molecule has 2 atom stereocenters. The van der Waals surface area contributed by atoms with E-state index in [1.165, 1.54) is 0 Å². The number of rotatable bonds is 4. The molecule has 0 aromatic heterocycles. The molecule has 0 radical (unpaired) electrons. The van der Waals surface area contributed by atoms with E-state index in [1.807, 2.05) is 13.8 Å². The van der Waals surface area contributed by atoms with Crippen LogP contribution in [-0.4, -0.2) is 35.0 Å². The molecule has 1 aliphatic heterocycles. The molecule has 15 heavy (non-hydrogen) atoms. The van der Waals surface area contributed by atoms with Gasteiger partial charge in [0.1, 0.15) is 0 Å². The van der Waals surface area contributed by atoms with Crippen molar-refractivity contribution in [1.82, 2.24) is 4.90 Å². The van der Waals surface area contributed by atoms with E-state index < -0.39 is 5.97 Å². The number of carbonyl (C=O) groups is 2. The molecule has 4 heteroatoms. The molecule has 0 aromatic carbocycles. The maximum absolute atomic E-state index is 11.7. The van der Waals surface area contributed by atoms with Gasteiger partial charge >= 0.3 is 5.97 Å². The Hall–Kier alpha value is -1.06. The van der Waals surface area contributed by atoms with Crippen LogP contribution in [0.1, 0.15) is 33.1 Å². The van der Waals surface area contributed by atoms with Crippen LogP contribution in [-0.2, 0) is 9.59 Å². The number of carboxylic acid groups (broad SMARTS) is 1. The molecule has 0 bridgehead atoms. The molecule has 1 amide bonds. The number of carbonyl (C=O) groups excluding carboxylic acids is 1. The Bertz CT molecular complexity index is 252. The van der Waals surface area contributed by atoms with Crippen LogP contribution in [0.5, 0.6) is 0 Å². The van der Waals surface area contributed by atoms with E-state index in [0.29, 0.717) is 19.5 Å². The number of amides is 1. The van der Waals surface area contributed by atoms with Gasteiger partial charge in [0, 0.05) is 19.5 Å². The summed E-state index contributed by atoms with van der Waals surface area (Å²) in [5, 5.41) is 8.92. The van der Waals surface area contributed by atoms with Gasteiger partial charge in [-0.05, 0) is 12.3 Å². The smallest absolute Gasteiger partial charge is 0.308 e. The summed E-state index contributed by atoms with van der Waals surface area (Å²) in [7, 11) is 0. The summed E-state index contributed by atoms with van der Waals surface area (Å²) in [6.07, 6.45) is 2.44. The Morgan fingerprint density at radius 3 is 2.53 bits per heavy atom. The van der Waals surface area contributed by atoms with Gasteiger partial charge in [-0.3, -0.25) is 9.59 Å². The molecule has 0 aromatic rings. The number of unbranched alkanes of at least 4 members (excludes halogenated alkanes) is 1. The highest BCUT2D eigenvalue weighted by molar-refractivity contribution is 5.78. The predicted octanol–water partition coefficient (Wildman–Crippen LogP) is 1.36. The third-order valence-electron chi connectivity index (χ3n) is 3.03. The molecule has 1 rings (SSSR count). The first-order chi connectivity index (χ1) is 7.06. The van der Waals surface area contributed by atoms with Crippen LogP contribution >= 0.6 is 0 Å². The fourth-order valence-electron chi connectivity index (χ4n) is 1.98. The number of hydrogen-bond acceptors (Lipinski definition) is 2. The fraction of sp³-hybridized carbons (Fsp3) is 0.818. The van der Waals surface area contributed by atoms with Crippen LogP contribution in [0.25, 0.3) is 0 Å². The Morgan fingerprint density at radius 2 is 2.07 bits per heavy atom.